The number of hydrogen-bond donors (Lipinski definition) is 1. The van der Waals surface area contributed by atoms with Crippen LogP contribution in [-0.2, 0) is 16.1 Å². The molecule has 0 atom stereocenters. The summed E-state index contributed by atoms with van der Waals surface area (Å²) in [6.07, 6.45) is 1.49. The molecule has 0 radical (unpaired) electrons. The van der Waals surface area contributed by atoms with Gasteiger partial charge in [-0.2, -0.15) is 0 Å². The van der Waals surface area contributed by atoms with Crippen LogP contribution in [0.15, 0.2) is 41.3 Å². The monoisotopic (exact) mass is 455 g/mol. The number of amides is 2. The molecule has 0 spiro atoms. The Balaban J connectivity index is 1.77. The first kappa shape index (κ1) is 21.2. The van der Waals surface area contributed by atoms with Crippen molar-refractivity contribution >= 4 is 58.2 Å². The van der Waals surface area contributed by atoms with E-state index in [1.807, 2.05) is 0 Å². The first-order valence-corrected chi connectivity index (χ1v) is 9.65. The number of aliphatic carboxylic acids is 1. The van der Waals surface area contributed by atoms with Gasteiger partial charge in [0.25, 0.3) is 11.1 Å². The number of hydrogen-bond acceptors (Lipinski definition) is 5. The molecular formula is C19H12Cl2FNO5S. The maximum Gasteiger partial charge on any atom is 0.341 e. The second kappa shape index (κ2) is 8.86. The van der Waals surface area contributed by atoms with E-state index in [4.69, 9.17) is 33.0 Å². The number of thioether (sulfide) groups is 1. The number of carbonyl (C=O) groups excluding carboxylic acids is 2. The van der Waals surface area contributed by atoms with Crippen molar-refractivity contribution in [3.63, 3.8) is 0 Å². The number of carbonyl (C=O) groups is 3. The van der Waals surface area contributed by atoms with E-state index in [2.05, 4.69) is 0 Å². The van der Waals surface area contributed by atoms with Crippen LogP contribution in [0.4, 0.5) is 9.18 Å². The summed E-state index contributed by atoms with van der Waals surface area (Å²) in [6.45, 7) is -0.617. The molecule has 0 saturated carbocycles. The molecule has 0 bridgehead atoms. The van der Waals surface area contributed by atoms with Gasteiger partial charge in [0.1, 0.15) is 11.6 Å². The van der Waals surface area contributed by atoms with Crippen LogP contribution in [0.2, 0.25) is 10.0 Å². The zero-order valence-corrected chi connectivity index (χ0v) is 16.9. The highest BCUT2D eigenvalue weighted by Gasteiger charge is 2.35. The van der Waals surface area contributed by atoms with Crippen molar-refractivity contribution in [3.05, 3.63) is 68.3 Å². The summed E-state index contributed by atoms with van der Waals surface area (Å²) in [5.41, 5.74) is 0.975. The molecule has 150 valence electrons. The van der Waals surface area contributed by atoms with Gasteiger partial charge >= 0.3 is 5.97 Å². The Morgan fingerprint density at radius 3 is 2.59 bits per heavy atom. The normalized spacial score (nSPS) is 15.3. The van der Waals surface area contributed by atoms with Crippen LogP contribution in [0.3, 0.4) is 0 Å². The second-order valence-electron chi connectivity index (χ2n) is 5.88. The number of ether oxygens (including phenoxy) is 1. The van der Waals surface area contributed by atoms with Gasteiger partial charge in [-0.15, -0.1) is 0 Å². The van der Waals surface area contributed by atoms with Crippen molar-refractivity contribution in [1.82, 2.24) is 4.90 Å². The molecule has 0 aromatic heterocycles. The summed E-state index contributed by atoms with van der Waals surface area (Å²) in [7, 11) is 0. The maximum absolute atomic E-state index is 13.2. The van der Waals surface area contributed by atoms with E-state index in [1.165, 1.54) is 30.3 Å². The first-order chi connectivity index (χ1) is 13.7. The summed E-state index contributed by atoms with van der Waals surface area (Å²) in [5, 5.41) is 8.45. The molecule has 1 fully saturated rings. The SMILES string of the molecule is O=C(O)COc1ccc(/C=C2\SC(=O)N(Cc3ccc(F)cc3Cl)C2=O)cc1Cl. The molecule has 1 aliphatic heterocycles. The number of rotatable bonds is 6. The molecule has 1 heterocycles. The van der Waals surface area contributed by atoms with E-state index < -0.39 is 29.5 Å². The van der Waals surface area contributed by atoms with E-state index in [-0.39, 0.29) is 27.2 Å². The lowest BCUT2D eigenvalue weighted by molar-refractivity contribution is -0.139. The van der Waals surface area contributed by atoms with E-state index in [0.717, 1.165) is 22.7 Å². The Bertz CT molecular complexity index is 1040. The fourth-order valence-electron chi connectivity index (χ4n) is 2.47. The van der Waals surface area contributed by atoms with Gasteiger partial charge in [-0.25, -0.2) is 9.18 Å². The van der Waals surface area contributed by atoms with Crippen molar-refractivity contribution in [2.45, 2.75) is 6.54 Å². The highest BCUT2D eigenvalue weighted by atomic mass is 35.5. The summed E-state index contributed by atoms with van der Waals surface area (Å²) in [6, 6.07) is 8.27. The first-order valence-electron chi connectivity index (χ1n) is 8.08. The van der Waals surface area contributed by atoms with Gasteiger partial charge in [0.2, 0.25) is 0 Å². The molecule has 2 aromatic rings. The van der Waals surface area contributed by atoms with Crippen LogP contribution in [0.1, 0.15) is 11.1 Å². The summed E-state index contributed by atoms with van der Waals surface area (Å²) in [5.74, 6) is -1.98. The molecule has 10 heteroatoms. The van der Waals surface area contributed by atoms with E-state index >= 15 is 0 Å². The smallest absolute Gasteiger partial charge is 0.341 e. The van der Waals surface area contributed by atoms with E-state index in [1.54, 1.807) is 6.07 Å². The van der Waals surface area contributed by atoms with Crippen LogP contribution in [0.5, 0.6) is 5.75 Å². The third kappa shape index (κ3) is 5.09. The van der Waals surface area contributed by atoms with Gasteiger partial charge in [0.05, 0.1) is 16.5 Å². The minimum Gasteiger partial charge on any atom is -0.480 e. The number of nitrogens with zero attached hydrogens (tertiary/aromatic N) is 1. The van der Waals surface area contributed by atoms with Gasteiger partial charge < -0.3 is 9.84 Å². The predicted molar refractivity (Wildman–Crippen MR) is 108 cm³/mol. The summed E-state index contributed by atoms with van der Waals surface area (Å²) >= 11 is 12.8. The molecule has 29 heavy (non-hydrogen) atoms. The van der Waals surface area contributed by atoms with Gasteiger partial charge in [-0.3, -0.25) is 14.5 Å². The zero-order chi connectivity index (χ0) is 21.1. The summed E-state index contributed by atoms with van der Waals surface area (Å²) in [4.78, 5) is 36.6. The van der Waals surface area contributed by atoms with Gasteiger partial charge in [0.15, 0.2) is 6.61 Å². The topological polar surface area (TPSA) is 83.9 Å². The number of halogens is 3. The molecule has 0 aliphatic carbocycles. The third-order valence-electron chi connectivity index (χ3n) is 3.82. The minimum absolute atomic E-state index is 0.0795. The molecule has 2 aromatic carbocycles. The Hall–Kier alpha value is -2.55. The zero-order valence-electron chi connectivity index (χ0n) is 14.5. The van der Waals surface area contributed by atoms with Gasteiger partial charge in [-0.1, -0.05) is 35.3 Å². The molecular weight excluding hydrogens is 444 g/mol. The Labute approximate surface area is 178 Å². The predicted octanol–water partition coefficient (Wildman–Crippen LogP) is 4.83. The van der Waals surface area contributed by atoms with Crippen LogP contribution < -0.4 is 4.74 Å². The molecule has 0 unspecified atom stereocenters. The van der Waals surface area contributed by atoms with Crippen molar-refractivity contribution in [1.29, 1.82) is 0 Å². The second-order valence-corrected chi connectivity index (χ2v) is 7.68. The number of carboxylic acids is 1. The van der Waals surface area contributed by atoms with Crippen molar-refractivity contribution in [2.75, 3.05) is 6.61 Å². The Morgan fingerprint density at radius 2 is 1.93 bits per heavy atom. The Kier molecular flexibility index (Phi) is 6.46. The average molecular weight is 456 g/mol. The van der Waals surface area contributed by atoms with Gasteiger partial charge in [-0.05, 0) is 53.2 Å². The third-order valence-corrected chi connectivity index (χ3v) is 5.38. The fraction of sp³-hybridized carbons (Fsp3) is 0.105. The lowest BCUT2D eigenvalue weighted by Crippen LogP contribution is -2.27. The lowest BCUT2D eigenvalue weighted by Gasteiger charge is -2.13. The molecule has 1 aliphatic rings. The van der Waals surface area contributed by atoms with Crippen molar-refractivity contribution in [2.24, 2.45) is 0 Å². The van der Waals surface area contributed by atoms with E-state index in [9.17, 15) is 18.8 Å². The van der Waals surface area contributed by atoms with Gasteiger partial charge in [0, 0.05) is 5.02 Å². The number of carboxylic acid groups (broad SMARTS) is 1. The highest BCUT2D eigenvalue weighted by molar-refractivity contribution is 8.18. The van der Waals surface area contributed by atoms with Crippen LogP contribution in [-0.4, -0.2) is 33.7 Å². The number of benzene rings is 2. The molecule has 1 saturated heterocycles. The quantitative estimate of drug-likeness (QED) is 0.627. The minimum atomic E-state index is -1.14. The highest BCUT2D eigenvalue weighted by Crippen LogP contribution is 2.35. The van der Waals surface area contributed by atoms with E-state index in [0.29, 0.717) is 11.1 Å². The van der Waals surface area contributed by atoms with Crippen LogP contribution in [0, 0.1) is 5.82 Å². The van der Waals surface area contributed by atoms with Crippen LogP contribution in [0.25, 0.3) is 6.08 Å². The largest absolute Gasteiger partial charge is 0.480 e. The standard InChI is InChI=1S/C19H12Cl2FNO5S/c20-13-7-12(22)3-2-11(13)8-23-18(26)16(29-19(23)27)6-10-1-4-15(14(21)5-10)28-9-17(24)25/h1-7H,8-9H2,(H,24,25)/b16-6-. The molecule has 2 amide bonds. The molecule has 3 rings (SSSR count). The van der Waals surface area contributed by atoms with Crippen LogP contribution >= 0.6 is 35.0 Å². The summed E-state index contributed by atoms with van der Waals surface area (Å²) < 4.78 is 18.2. The Morgan fingerprint density at radius 1 is 1.17 bits per heavy atom. The van der Waals surface area contributed by atoms with Crippen molar-refractivity contribution in [3.8, 4) is 5.75 Å². The van der Waals surface area contributed by atoms with Crippen molar-refractivity contribution < 1.29 is 28.6 Å². The maximum atomic E-state index is 13.2. The number of imide groups is 1. The average Bonchev–Trinajstić information content (AvgIpc) is 2.90. The fourth-order valence-corrected chi connectivity index (χ4v) is 3.78. The molecule has 1 N–H and O–H groups in total. The lowest BCUT2D eigenvalue weighted by atomic mass is 10.2. The molecule has 6 nitrogen and oxygen atoms in total.